The van der Waals surface area contributed by atoms with Crippen LogP contribution in [0, 0.1) is 3.57 Å². The molecule has 7 heteroatoms. The van der Waals surface area contributed by atoms with Crippen LogP contribution in [-0.4, -0.2) is 41.1 Å². The second-order valence-corrected chi connectivity index (χ2v) is 8.16. The number of carbonyl (C=O) groups is 1. The number of anilines is 1. The Bertz CT molecular complexity index is 711. The molecule has 0 bridgehead atoms. The summed E-state index contributed by atoms with van der Waals surface area (Å²) in [6, 6.07) is 7.51. The van der Waals surface area contributed by atoms with Gasteiger partial charge in [0.05, 0.1) is 17.9 Å². The number of amides is 1. The fourth-order valence-electron chi connectivity index (χ4n) is 2.88. The minimum atomic E-state index is -0.122. The number of nitrogens with zero attached hydrogens (tertiary/aromatic N) is 2. The minimum absolute atomic E-state index is 0.122. The zero-order chi connectivity index (χ0) is 17.1. The lowest BCUT2D eigenvalue weighted by Gasteiger charge is -2.34. The Morgan fingerprint density at radius 1 is 1.42 bits per heavy atom. The summed E-state index contributed by atoms with van der Waals surface area (Å²) in [4.78, 5) is 19.2. The highest BCUT2D eigenvalue weighted by atomic mass is 127. The molecule has 1 saturated heterocycles. The molecule has 2 heterocycles. The first-order valence-corrected chi connectivity index (χ1v) is 9.84. The second-order valence-electron chi connectivity index (χ2n) is 6.06. The monoisotopic (exact) mass is 457 g/mol. The van der Waals surface area contributed by atoms with Gasteiger partial charge < -0.3 is 4.74 Å². The molecule has 1 aliphatic heterocycles. The molecule has 1 fully saturated rings. The quantitative estimate of drug-likeness (QED) is 0.713. The predicted molar refractivity (Wildman–Crippen MR) is 105 cm³/mol. The Hall–Kier alpha value is -1.03. The lowest BCUT2D eigenvalue weighted by Crippen LogP contribution is -2.44. The third-order valence-corrected chi connectivity index (χ3v) is 5.22. The zero-order valence-electron chi connectivity index (χ0n) is 13.7. The topological polar surface area (TPSA) is 54.5 Å². The van der Waals surface area contributed by atoms with Crippen molar-refractivity contribution >= 4 is 45.0 Å². The van der Waals surface area contributed by atoms with Crippen molar-refractivity contribution in [1.82, 2.24) is 9.88 Å². The minimum Gasteiger partial charge on any atom is -0.373 e. The Kier molecular flexibility index (Phi) is 5.85. The van der Waals surface area contributed by atoms with E-state index in [0.717, 1.165) is 28.9 Å². The third-order valence-electron chi connectivity index (χ3n) is 3.74. The van der Waals surface area contributed by atoms with Crippen LogP contribution in [0.5, 0.6) is 0 Å². The maximum Gasteiger partial charge on any atom is 0.257 e. The number of benzene rings is 1. The first-order chi connectivity index (χ1) is 11.5. The summed E-state index contributed by atoms with van der Waals surface area (Å²) in [5.74, 6) is -0.122. The SMILES string of the molecule is C[C@H]1CN(Cc2csc(NC(=O)c3cccc(I)c3)n2)C[C@H](C)O1. The van der Waals surface area contributed by atoms with E-state index in [0.29, 0.717) is 10.7 Å². The first-order valence-electron chi connectivity index (χ1n) is 7.89. The van der Waals surface area contributed by atoms with Gasteiger partial charge in [-0.2, -0.15) is 0 Å². The second kappa shape index (κ2) is 7.90. The number of carbonyl (C=O) groups excluding carboxylic acids is 1. The predicted octanol–water partition coefficient (Wildman–Crippen LogP) is 3.61. The van der Waals surface area contributed by atoms with E-state index in [2.05, 4.69) is 51.6 Å². The molecule has 2 aromatic rings. The standard InChI is InChI=1S/C17H20IN3O2S/c1-11-7-21(8-12(2)23-11)9-15-10-24-17(19-15)20-16(22)13-4-3-5-14(18)6-13/h3-6,10-12H,7-9H2,1-2H3,(H,19,20,22)/t11-,12-/m0/s1. The van der Waals surface area contributed by atoms with Gasteiger partial charge in [0, 0.05) is 34.1 Å². The molecule has 0 aliphatic carbocycles. The molecule has 0 unspecified atom stereocenters. The molecule has 24 heavy (non-hydrogen) atoms. The van der Waals surface area contributed by atoms with Crippen LogP contribution in [0.1, 0.15) is 29.9 Å². The molecule has 2 atom stereocenters. The van der Waals surface area contributed by atoms with E-state index >= 15 is 0 Å². The van der Waals surface area contributed by atoms with E-state index in [4.69, 9.17) is 4.74 Å². The van der Waals surface area contributed by atoms with Gasteiger partial charge in [0.25, 0.3) is 5.91 Å². The Balaban J connectivity index is 1.60. The first kappa shape index (κ1) is 17.8. The molecular formula is C17H20IN3O2S. The molecular weight excluding hydrogens is 437 g/mol. The lowest BCUT2D eigenvalue weighted by atomic mass is 10.2. The van der Waals surface area contributed by atoms with Crippen LogP contribution in [0.2, 0.25) is 0 Å². The fraction of sp³-hybridized carbons (Fsp3) is 0.412. The summed E-state index contributed by atoms with van der Waals surface area (Å²) in [6.07, 6.45) is 0.485. The number of nitrogens with one attached hydrogen (secondary N) is 1. The summed E-state index contributed by atoms with van der Waals surface area (Å²) >= 11 is 3.66. The number of hydrogen-bond donors (Lipinski definition) is 1. The number of rotatable bonds is 4. The van der Waals surface area contributed by atoms with Gasteiger partial charge in [-0.25, -0.2) is 4.98 Å². The summed E-state index contributed by atoms with van der Waals surface area (Å²) in [6.45, 7) is 6.79. The highest BCUT2D eigenvalue weighted by Crippen LogP contribution is 2.20. The van der Waals surface area contributed by atoms with E-state index in [-0.39, 0.29) is 18.1 Å². The van der Waals surface area contributed by atoms with Crippen molar-refractivity contribution in [1.29, 1.82) is 0 Å². The zero-order valence-corrected chi connectivity index (χ0v) is 16.6. The third kappa shape index (κ3) is 4.75. The summed E-state index contributed by atoms with van der Waals surface area (Å²) < 4.78 is 6.79. The molecule has 3 rings (SSSR count). The summed E-state index contributed by atoms with van der Waals surface area (Å²) in [7, 11) is 0. The Morgan fingerprint density at radius 2 is 2.17 bits per heavy atom. The highest BCUT2D eigenvalue weighted by molar-refractivity contribution is 14.1. The van der Waals surface area contributed by atoms with Crippen molar-refractivity contribution in [2.75, 3.05) is 18.4 Å². The number of morpholine rings is 1. The maximum absolute atomic E-state index is 12.3. The van der Waals surface area contributed by atoms with Crippen LogP contribution in [0.4, 0.5) is 5.13 Å². The molecule has 1 amide bonds. The molecule has 0 spiro atoms. The van der Waals surface area contributed by atoms with Gasteiger partial charge in [0.1, 0.15) is 0 Å². The van der Waals surface area contributed by atoms with Crippen molar-refractivity contribution in [3.63, 3.8) is 0 Å². The van der Waals surface area contributed by atoms with E-state index in [1.54, 1.807) is 0 Å². The average Bonchev–Trinajstić information content (AvgIpc) is 2.93. The van der Waals surface area contributed by atoms with Gasteiger partial charge >= 0.3 is 0 Å². The fourth-order valence-corrected chi connectivity index (χ4v) is 4.12. The molecule has 1 aromatic carbocycles. The lowest BCUT2D eigenvalue weighted by molar-refractivity contribution is -0.0707. The van der Waals surface area contributed by atoms with Crippen LogP contribution in [0.25, 0.3) is 0 Å². The van der Waals surface area contributed by atoms with E-state index in [9.17, 15) is 4.79 Å². The molecule has 5 nitrogen and oxygen atoms in total. The smallest absolute Gasteiger partial charge is 0.257 e. The normalized spacial score (nSPS) is 21.6. The van der Waals surface area contributed by atoms with Crippen LogP contribution in [0.15, 0.2) is 29.6 Å². The summed E-state index contributed by atoms with van der Waals surface area (Å²) in [5.41, 5.74) is 1.63. The van der Waals surface area contributed by atoms with Crippen molar-refractivity contribution < 1.29 is 9.53 Å². The molecule has 128 valence electrons. The number of halogens is 1. The highest BCUT2D eigenvalue weighted by Gasteiger charge is 2.22. The van der Waals surface area contributed by atoms with Crippen molar-refractivity contribution in [3.05, 3.63) is 44.5 Å². The van der Waals surface area contributed by atoms with Gasteiger partial charge in [-0.1, -0.05) is 6.07 Å². The van der Waals surface area contributed by atoms with E-state index in [1.165, 1.54) is 11.3 Å². The number of thiazole rings is 1. The van der Waals surface area contributed by atoms with Gasteiger partial charge in [-0.3, -0.25) is 15.0 Å². The summed E-state index contributed by atoms with van der Waals surface area (Å²) in [5, 5.41) is 5.53. The molecule has 1 N–H and O–H groups in total. The van der Waals surface area contributed by atoms with Gasteiger partial charge in [0.15, 0.2) is 5.13 Å². The van der Waals surface area contributed by atoms with Crippen LogP contribution >= 0.6 is 33.9 Å². The number of aromatic nitrogens is 1. The van der Waals surface area contributed by atoms with Gasteiger partial charge in [-0.15, -0.1) is 11.3 Å². The number of ether oxygens (including phenoxy) is 1. The van der Waals surface area contributed by atoms with Gasteiger partial charge in [-0.05, 0) is 54.6 Å². The van der Waals surface area contributed by atoms with Crippen molar-refractivity contribution in [2.24, 2.45) is 0 Å². The van der Waals surface area contributed by atoms with Crippen molar-refractivity contribution in [3.8, 4) is 0 Å². The average molecular weight is 457 g/mol. The van der Waals surface area contributed by atoms with E-state index in [1.807, 2.05) is 29.6 Å². The Labute approximate surface area is 159 Å². The van der Waals surface area contributed by atoms with Gasteiger partial charge in [0.2, 0.25) is 0 Å². The van der Waals surface area contributed by atoms with Crippen LogP contribution < -0.4 is 5.32 Å². The molecule has 1 aliphatic rings. The molecule has 1 aromatic heterocycles. The van der Waals surface area contributed by atoms with E-state index < -0.39 is 0 Å². The van der Waals surface area contributed by atoms with Crippen LogP contribution in [0.3, 0.4) is 0 Å². The van der Waals surface area contributed by atoms with Crippen molar-refractivity contribution in [2.45, 2.75) is 32.6 Å². The van der Waals surface area contributed by atoms with Crippen LogP contribution in [-0.2, 0) is 11.3 Å². The molecule has 0 radical (unpaired) electrons. The molecule has 0 saturated carbocycles. The maximum atomic E-state index is 12.3. The Morgan fingerprint density at radius 3 is 2.88 bits per heavy atom. The largest absolute Gasteiger partial charge is 0.373 e. The number of hydrogen-bond acceptors (Lipinski definition) is 5.